The highest BCUT2D eigenvalue weighted by molar-refractivity contribution is 6.00. The lowest BCUT2D eigenvalue weighted by molar-refractivity contribution is 0.262. The van der Waals surface area contributed by atoms with Crippen LogP contribution in [0.4, 0.5) is 22.0 Å². The number of anilines is 3. The number of ether oxygens (including phenoxy) is 1. The minimum atomic E-state index is -0.313. The molecule has 0 spiro atoms. The number of hydrogen-bond acceptors (Lipinski definition) is 5. The Hall–Kier alpha value is -3.61. The van der Waals surface area contributed by atoms with Gasteiger partial charge in [-0.15, -0.1) is 10.2 Å². The van der Waals surface area contributed by atoms with Crippen molar-refractivity contribution in [3.05, 3.63) is 60.7 Å². The summed E-state index contributed by atoms with van der Waals surface area (Å²) in [5.74, 6) is 1.69. The number of benzene rings is 2. The van der Waals surface area contributed by atoms with Crippen LogP contribution in [0.3, 0.4) is 0 Å². The van der Waals surface area contributed by atoms with Crippen LogP contribution < -0.4 is 20.3 Å². The number of carbonyl (C=O) groups excluding carboxylic acids is 1. The summed E-state index contributed by atoms with van der Waals surface area (Å²) < 4.78 is 5.41. The van der Waals surface area contributed by atoms with Crippen LogP contribution in [0, 0.1) is 0 Å². The summed E-state index contributed by atoms with van der Waals surface area (Å²) in [7, 11) is 0. The summed E-state index contributed by atoms with van der Waals surface area (Å²) in [4.78, 5) is 14.6. The second-order valence-electron chi connectivity index (χ2n) is 7.09. The van der Waals surface area contributed by atoms with E-state index in [0.29, 0.717) is 18.0 Å². The molecule has 7 nitrogen and oxygen atoms in total. The van der Waals surface area contributed by atoms with Crippen molar-refractivity contribution in [3.63, 3.8) is 0 Å². The van der Waals surface area contributed by atoms with Crippen LogP contribution in [0.25, 0.3) is 11.3 Å². The minimum Gasteiger partial charge on any atom is -0.494 e. The highest BCUT2D eigenvalue weighted by atomic mass is 16.5. The van der Waals surface area contributed by atoms with E-state index in [1.165, 1.54) is 12.8 Å². The van der Waals surface area contributed by atoms with E-state index in [1.807, 2.05) is 55.5 Å². The number of hydrogen-bond donors (Lipinski definition) is 2. The number of nitrogens with one attached hydrogen (secondary N) is 2. The van der Waals surface area contributed by atoms with Crippen molar-refractivity contribution in [2.75, 3.05) is 35.2 Å². The van der Waals surface area contributed by atoms with E-state index in [2.05, 4.69) is 25.7 Å². The summed E-state index contributed by atoms with van der Waals surface area (Å²) in [6.45, 7) is 4.62. The van der Waals surface area contributed by atoms with Gasteiger partial charge in [0.2, 0.25) is 0 Å². The third kappa shape index (κ3) is 4.86. The fourth-order valence-electron chi connectivity index (χ4n) is 3.44. The Bertz CT molecular complexity index is 983. The maximum atomic E-state index is 12.3. The third-order valence-electron chi connectivity index (χ3n) is 4.92. The normalized spacial score (nSPS) is 13.2. The summed E-state index contributed by atoms with van der Waals surface area (Å²) in [6, 6.07) is 18.5. The van der Waals surface area contributed by atoms with Crippen LogP contribution in [0.15, 0.2) is 60.7 Å². The number of nitrogens with zero attached hydrogens (tertiary/aromatic N) is 3. The van der Waals surface area contributed by atoms with Gasteiger partial charge in [-0.3, -0.25) is 0 Å². The van der Waals surface area contributed by atoms with Gasteiger partial charge in [0.1, 0.15) is 5.75 Å². The molecule has 7 heteroatoms. The average molecular weight is 403 g/mol. The average Bonchev–Trinajstić information content (AvgIpc) is 3.31. The molecule has 154 valence electrons. The van der Waals surface area contributed by atoms with Gasteiger partial charge in [0.25, 0.3) is 0 Å². The molecule has 2 aromatic carbocycles. The molecule has 1 saturated heterocycles. The molecule has 0 atom stereocenters. The molecule has 1 aromatic heterocycles. The van der Waals surface area contributed by atoms with Crippen molar-refractivity contribution in [1.29, 1.82) is 0 Å². The first-order valence-corrected chi connectivity index (χ1v) is 10.2. The number of aromatic nitrogens is 2. The lowest BCUT2D eigenvalue weighted by Gasteiger charge is -2.15. The van der Waals surface area contributed by atoms with Crippen LogP contribution in [-0.4, -0.2) is 35.9 Å². The number of amides is 2. The summed E-state index contributed by atoms with van der Waals surface area (Å²) in [6.07, 6.45) is 2.41. The number of urea groups is 1. The van der Waals surface area contributed by atoms with Crippen LogP contribution in [-0.2, 0) is 0 Å². The fraction of sp³-hybridized carbons (Fsp3) is 0.261. The quantitative estimate of drug-likeness (QED) is 0.619. The van der Waals surface area contributed by atoms with Gasteiger partial charge < -0.3 is 20.3 Å². The first-order chi connectivity index (χ1) is 14.7. The molecule has 0 unspecified atom stereocenters. The third-order valence-corrected chi connectivity index (χ3v) is 4.92. The summed E-state index contributed by atoms with van der Waals surface area (Å²) in [5, 5.41) is 14.4. The second-order valence-corrected chi connectivity index (χ2v) is 7.09. The zero-order chi connectivity index (χ0) is 20.8. The largest absolute Gasteiger partial charge is 0.494 e. The zero-order valence-electron chi connectivity index (χ0n) is 17.0. The van der Waals surface area contributed by atoms with Crippen molar-refractivity contribution < 1.29 is 9.53 Å². The van der Waals surface area contributed by atoms with Gasteiger partial charge in [0, 0.05) is 30.0 Å². The Balaban J connectivity index is 1.39. The van der Waals surface area contributed by atoms with Gasteiger partial charge >= 0.3 is 6.03 Å². The predicted molar refractivity (Wildman–Crippen MR) is 119 cm³/mol. The van der Waals surface area contributed by atoms with Gasteiger partial charge in [-0.25, -0.2) is 4.79 Å². The van der Waals surface area contributed by atoms with Gasteiger partial charge in [0.05, 0.1) is 12.3 Å². The van der Waals surface area contributed by atoms with Crippen molar-refractivity contribution in [2.45, 2.75) is 19.8 Å². The van der Waals surface area contributed by atoms with E-state index in [0.717, 1.165) is 35.9 Å². The molecule has 0 radical (unpaired) electrons. The zero-order valence-corrected chi connectivity index (χ0v) is 17.0. The SMILES string of the molecule is CCOc1ccc(NC(=O)Nc2cccc(-c3ccc(N4CCCC4)nn3)c2)cc1. The van der Waals surface area contributed by atoms with Gasteiger partial charge in [-0.05, 0) is 68.3 Å². The minimum absolute atomic E-state index is 0.313. The molecule has 0 bridgehead atoms. The Morgan fingerprint density at radius 1 is 0.967 bits per heavy atom. The number of carbonyl (C=O) groups is 1. The maximum Gasteiger partial charge on any atom is 0.323 e. The van der Waals surface area contributed by atoms with Gasteiger partial charge in [0.15, 0.2) is 5.82 Å². The molecular weight excluding hydrogens is 378 g/mol. The monoisotopic (exact) mass is 403 g/mol. The lowest BCUT2D eigenvalue weighted by Crippen LogP contribution is -2.19. The Morgan fingerprint density at radius 2 is 1.73 bits per heavy atom. The molecule has 0 saturated carbocycles. The topological polar surface area (TPSA) is 79.4 Å². The van der Waals surface area contributed by atoms with E-state index in [1.54, 1.807) is 12.1 Å². The highest BCUT2D eigenvalue weighted by Crippen LogP contribution is 2.23. The van der Waals surface area contributed by atoms with E-state index in [9.17, 15) is 4.79 Å². The summed E-state index contributed by atoms with van der Waals surface area (Å²) >= 11 is 0. The van der Waals surface area contributed by atoms with E-state index >= 15 is 0 Å². The Morgan fingerprint density at radius 3 is 2.43 bits per heavy atom. The predicted octanol–water partition coefficient (Wildman–Crippen LogP) is 4.79. The molecule has 1 aliphatic heterocycles. The van der Waals surface area contributed by atoms with Gasteiger partial charge in [-0.1, -0.05) is 12.1 Å². The van der Waals surface area contributed by atoms with E-state index < -0.39 is 0 Å². The molecule has 1 aliphatic rings. The molecule has 3 aromatic rings. The van der Waals surface area contributed by atoms with Crippen molar-refractivity contribution >= 4 is 23.2 Å². The number of rotatable bonds is 6. The van der Waals surface area contributed by atoms with Crippen LogP contribution in [0.1, 0.15) is 19.8 Å². The first kappa shape index (κ1) is 19.7. The van der Waals surface area contributed by atoms with E-state index in [-0.39, 0.29) is 6.03 Å². The molecule has 30 heavy (non-hydrogen) atoms. The smallest absolute Gasteiger partial charge is 0.323 e. The molecule has 0 aliphatic carbocycles. The van der Waals surface area contributed by atoms with Gasteiger partial charge in [-0.2, -0.15) is 0 Å². The van der Waals surface area contributed by atoms with Crippen molar-refractivity contribution in [3.8, 4) is 17.0 Å². The van der Waals surface area contributed by atoms with Crippen LogP contribution >= 0.6 is 0 Å². The standard InChI is InChI=1S/C23H25N5O2/c1-2-30-20-10-8-18(9-11-20)24-23(29)25-19-7-5-6-17(16-19)21-12-13-22(27-26-21)28-14-3-4-15-28/h5-13,16H,2-4,14-15H2,1H3,(H2,24,25,29). The highest BCUT2D eigenvalue weighted by Gasteiger charge is 2.14. The van der Waals surface area contributed by atoms with Crippen LogP contribution in [0.2, 0.25) is 0 Å². The summed E-state index contributed by atoms with van der Waals surface area (Å²) in [5.41, 5.74) is 3.04. The second kappa shape index (κ2) is 9.26. The van der Waals surface area contributed by atoms with Crippen LogP contribution in [0.5, 0.6) is 5.75 Å². The van der Waals surface area contributed by atoms with E-state index in [4.69, 9.17) is 4.74 Å². The molecular formula is C23H25N5O2. The molecule has 4 rings (SSSR count). The molecule has 2 N–H and O–H groups in total. The fourth-order valence-corrected chi connectivity index (χ4v) is 3.44. The molecule has 1 fully saturated rings. The maximum absolute atomic E-state index is 12.3. The van der Waals surface area contributed by atoms with Crippen molar-refractivity contribution in [2.24, 2.45) is 0 Å². The molecule has 2 amide bonds. The lowest BCUT2D eigenvalue weighted by atomic mass is 10.1. The molecule has 2 heterocycles. The van der Waals surface area contributed by atoms with Crippen molar-refractivity contribution in [1.82, 2.24) is 10.2 Å². The Kier molecular flexibility index (Phi) is 6.08. The Labute approximate surface area is 176 Å². The first-order valence-electron chi connectivity index (χ1n) is 10.2.